The fraction of sp³-hybridized carbons (Fsp3) is 0.600. The molecule has 0 bridgehead atoms. The summed E-state index contributed by atoms with van der Waals surface area (Å²) in [5, 5.41) is 14.4. The molecule has 4 heterocycles. The number of halogens is 1. The molecule has 3 N–H and O–H groups in total. The zero-order chi connectivity index (χ0) is 39.8. The average Bonchev–Trinajstić information content (AvgIpc) is 3.92. The number of unbranched alkanes of at least 4 members (excludes halogenated alkanes) is 1. The molecule has 6 nitrogen and oxygen atoms in total. The molecule has 0 spiro atoms. The molecule has 1 aliphatic carbocycles. The van der Waals surface area contributed by atoms with Crippen LogP contribution in [0.5, 0.6) is 0 Å². The summed E-state index contributed by atoms with van der Waals surface area (Å²) in [6.45, 7) is 30.9. The second kappa shape index (κ2) is 27.1. The van der Waals surface area contributed by atoms with Gasteiger partial charge in [0.2, 0.25) is 0 Å². The third-order valence-corrected chi connectivity index (χ3v) is 11.9. The number of anilines is 1. The number of guanidine groups is 1. The Morgan fingerprint density at radius 3 is 2.33 bits per heavy atom. The summed E-state index contributed by atoms with van der Waals surface area (Å²) in [4.78, 5) is 7.62. The van der Waals surface area contributed by atoms with E-state index in [0.29, 0.717) is 35.1 Å². The van der Waals surface area contributed by atoms with Gasteiger partial charge in [-0.25, -0.2) is 9.38 Å². The van der Waals surface area contributed by atoms with E-state index in [2.05, 4.69) is 93.9 Å². The first-order valence-electron chi connectivity index (χ1n) is 20.1. The molecule has 5 rings (SSSR count). The van der Waals surface area contributed by atoms with Gasteiger partial charge in [0.05, 0.1) is 23.7 Å². The van der Waals surface area contributed by atoms with Gasteiger partial charge >= 0.3 is 31.1 Å². The first kappa shape index (κ1) is 53.3. The van der Waals surface area contributed by atoms with Crippen molar-refractivity contribution in [3.63, 3.8) is 0 Å². The van der Waals surface area contributed by atoms with E-state index in [1.54, 1.807) is 6.92 Å². The third kappa shape index (κ3) is 14.3. The number of nitrogens with zero attached hydrogens (tertiary/aromatic N) is 3. The minimum absolute atomic E-state index is 0. The summed E-state index contributed by atoms with van der Waals surface area (Å²) in [7, 11) is 2.83. The number of thiophene rings is 1. The van der Waals surface area contributed by atoms with Crippen LogP contribution in [0.25, 0.3) is 11.4 Å². The fourth-order valence-electron chi connectivity index (χ4n) is 6.82. The normalized spacial score (nSPS) is 19.6. The predicted octanol–water partition coefficient (Wildman–Crippen LogP) is 12.6. The number of nitrogens with two attached hydrogens (primary N) is 1. The second-order valence-corrected chi connectivity index (χ2v) is 16.4. The monoisotopic (exact) mass is 1020 g/mol. The van der Waals surface area contributed by atoms with Crippen molar-refractivity contribution < 1.29 is 40.2 Å². The maximum Gasteiger partial charge on any atom is 2.00 e. The Labute approximate surface area is 366 Å². The van der Waals surface area contributed by atoms with Crippen molar-refractivity contribution in [2.24, 2.45) is 28.7 Å². The van der Waals surface area contributed by atoms with Gasteiger partial charge < -0.3 is 34.5 Å². The van der Waals surface area contributed by atoms with Gasteiger partial charge in [0, 0.05) is 17.3 Å². The predicted molar refractivity (Wildman–Crippen MR) is 240 cm³/mol. The summed E-state index contributed by atoms with van der Waals surface area (Å²) in [6, 6.07) is 1.92. The maximum atomic E-state index is 14.8. The number of nitriles is 1. The Kier molecular flexibility index (Phi) is 26.3. The summed E-state index contributed by atoms with van der Waals surface area (Å²) in [6.07, 6.45) is 15.3. The minimum atomic E-state index is -0.421. The van der Waals surface area contributed by atoms with E-state index < -0.39 is 5.83 Å². The van der Waals surface area contributed by atoms with Crippen LogP contribution < -0.4 is 11.1 Å². The number of nitrogen functional groups attached to an aromatic ring is 1. The van der Waals surface area contributed by atoms with Gasteiger partial charge in [0.15, 0.2) is 5.96 Å². The quantitative estimate of drug-likeness (QED) is 0.170. The molecule has 10 heteroatoms. The second-order valence-electron chi connectivity index (χ2n) is 14.8. The summed E-state index contributed by atoms with van der Waals surface area (Å²) in [5.74, 6) is 3.71. The molecule has 55 heavy (non-hydrogen) atoms. The van der Waals surface area contributed by atoms with E-state index in [4.69, 9.17) is 15.5 Å². The summed E-state index contributed by atoms with van der Waals surface area (Å²) < 4.78 is 20.7. The van der Waals surface area contributed by atoms with Crippen LogP contribution in [-0.2, 0) is 4.74 Å². The van der Waals surface area contributed by atoms with Crippen LogP contribution in [0.3, 0.4) is 0 Å². The number of hydrogen-bond acceptors (Lipinski definition) is 7. The topological polar surface area (TPSA) is 86.7 Å². The third-order valence-electron chi connectivity index (χ3n) is 10.3. The largest absolute Gasteiger partial charge is 2.00 e. The Morgan fingerprint density at radius 2 is 1.82 bits per heavy atom. The van der Waals surface area contributed by atoms with Crippen molar-refractivity contribution in [1.29, 1.82) is 5.26 Å². The van der Waals surface area contributed by atoms with E-state index >= 15 is 0 Å². The standard InChI is InChI=1S/C25H26FN5OPS.C13H28.C4H10.C2H6.CH3.U/c1-4-18(26)23-20(14(7-27)24(28)34-23)13(3)19-17-11-32-10-16(17)15-8-29-25(30-21(15)22(19)33)31-6-5-12(2)9-31;1-6-12(5)8-9-13(7-2)10-11(3)4;1-3-4-2;1-2;;/h4-5,8,12,21H,3,6,9-11,28,33H2,1-2H3,(H,29,30);11-13H,6-10H2,1-5H3;3-4H2,1-2H3;1-2H3;1H3;/q-1;;;;-1;+2/b18-4+;;;;;. The van der Waals surface area contributed by atoms with Crippen LogP contribution in [-0.4, -0.2) is 43.2 Å². The molecule has 0 aromatic carbocycles. The fourth-order valence-corrected chi connectivity index (χ4v) is 8.43. The molecule has 4 aliphatic rings. The van der Waals surface area contributed by atoms with E-state index in [-0.39, 0.29) is 55.1 Å². The first-order valence-corrected chi connectivity index (χ1v) is 21.5. The SMILES string of the molecule is C=C(C1=C(P)C2N=C(N3C[CH-]C(C)C3)NC=C2C2=C1COC2)c1c(/C(F)=C\C)sc(N)c1C#N.CC.CCC(C)CCC(CC)CC(C)C.CCCC.[CH3-].[U+2]. The zero-order valence-corrected chi connectivity index (χ0v) is 42.4. The van der Waals surface area contributed by atoms with Crippen molar-refractivity contribution in [1.82, 2.24) is 10.2 Å². The maximum absolute atomic E-state index is 14.8. The van der Waals surface area contributed by atoms with Gasteiger partial charge in [-0.1, -0.05) is 120 Å². The number of likely N-dealkylation sites (tertiary alicyclic amines) is 1. The Balaban J connectivity index is 0.00000117. The van der Waals surface area contributed by atoms with Gasteiger partial charge in [-0.15, -0.1) is 27.1 Å². The summed E-state index contributed by atoms with van der Waals surface area (Å²) in [5.41, 5.74) is 11.4. The van der Waals surface area contributed by atoms with Crippen molar-refractivity contribution in [3.8, 4) is 6.07 Å². The molecule has 306 valence electrons. The molecule has 0 saturated carbocycles. The number of rotatable bonds is 11. The summed E-state index contributed by atoms with van der Waals surface area (Å²) >= 11 is 1.07. The van der Waals surface area contributed by atoms with Gasteiger partial charge in [-0.05, 0) is 65.2 Å². The molecule has 1 fully saturated rings. The van der Waals surface area contributed by atoms with Crippen LogP contribution in [0.2, 0.25) is 0 Å². The van der Waals surface area contributed by atoms with Crippen LogP contribution in [0.1, 0.15) is 137 Å². The molecular formula is C45H73FN5OPSU. The number of allylic oxidation sites excluding steroid dienone is 2. The Bertz CT molecular complexity index is 1570. The molecule has 1 aromatic rings. The van der Waals surface area contributed by atoms with E-state index in [9.17, 15) is 9.65 Å². The Hall–Kier alpha value is -1.67. The van der Waals surface area contributed by atoms with Crippen LogP contribution in [0.15, 0.2) is 51.5 Å². The molecule has 0 radical (unpaired) electrons. The number of fused-ring (bicyclic) bond motifs is 2. The smallest absolute Gasteiger partial charge is 0.389 e. The molecule has 3 aliphatic heterocycles. The molecule has 1 saturated heterocycles. The number of ether oxygens (including phenoxy) is 1. The van der Waals surface area contributed by atoms with Crippen LogP contribution in [0.4, 0.5) is 9.39 Å². The molecule has 5 atom stereocenters. The number of nitrogens with one attached hydrogen (secondary N) is 1. The Morgan fingerprint density at radius 1 is 1.18 bits per heavy atom. The van der Waals surface area contributed by atoms with E-state index in [0.717, 1.165) is 75.7 Å². The molecule has 1 aromatic heterocycles. The van der Waals surface area contributed by atoms with Crippen molar-refractivity contribution in [3.05, 3.63) is 76.3 Å². The first-order chi connectivity index (χ1) is 25.4. The van der Waals surface area contributed by atoms with Crippen LogP contribution >= 0.6 is 20.6 Å². The van der Waals surface area contributed by atoms with Gasteiger partial charge in [0.25, 0.3) is 0 Å². The molecule has 5 unspecified atom stereocenters. The van der Waals surface area contributed by atoms with Crippen molar-refractivity contribution in [2.45, 2.75) is 127 Å². The van der Waals surface area contributed by atoms with Gasteiger partial charge in [-0.2, -0.15) is 11.2 Å². The van der Waals surface area contributed by atoms with Crippen LogP contribution in [0, 0.1) is 80.0 Å². The molecule has 0 amide bonds. The van der Waals surface area contributed by atoms with Crippen molar-refractivity contribution in [2.75, 3.05) is 32.0 Å². The zero-order valence-electron chi connectivity index (χ0n) is 36.3. The molecular weight excluding hydrogens is 947 g/mol. The average molecular weight is 1020 g/mol. The number of aliphatic imine (C=N–C) groups is 1. The van der Waals surface area contributed by atoms with Crippen molar-refractivity contribution >= 4 is 42.9 Å². The minimum Gasteiger partial charge on any atom is -0.389 e. The number of hydrogen-bond donors (Lipinski definition) is 2. The van der Waals surface area contributed by atoms with Gasteiger partial charge in [0.1, 0.15) is 22.9 Å². The van der Waals surface area contributed by atoms with E-state index in [1.807, 2.05) is 20.0 Å². The van der Waals surface area contributed by atoms with Gasteiger partial charge in [-0.3, -0.25) is 0 Å². The van der Waals surface area contributed by atoms with E-state index in [1.165, 1.54) is 51.0 Å².